The molecule has 1 aliphatic rings. The Morgan fingerprint density at radius 1 is 0.788 bits per heavy atom. The number of phenols is 1. The lowest BCUT2D eigenvalue weighted by molar-refractivity contribution is 0.261. The quantitative estimate of drug-likeness (QED) is 0.338. The van der Waals surface area contributed by atoms with Gasteiger partial charge in [-0.3, -0.25) is 0 Å². The molecule has 1 N–H and O–H groups in total. The summed E-state index contributed by atoms with van der Waals surface area (Å²) in [6.45, 7) is 0. The number of phenolic OH excluding ortho intramolecular Hbond substituents is 1. The van der Waals surface area contributed by atoms with E-state index in [4.69, 9.17) is 13.6 Å². The van der Waals surface area contributed by atoms with Crippen LogP contribution in [-0.2, 0) is 15.5 Å². The van der Waals surface area contributed by atoms with Crippen LogP contribution in [-0.4, -0.2) is 5.11 Å². The van der Waals surface area contributed by atoms with Crippen molar-refractivity contribution in [2.45, 2.75) is 19.3 Å². The van der Waals surface area contributed by atoms with Crippen LogP contribution in [0.15, 0.2) is 121 Å². The molecular weight excluding hydrogens is 435 g/mol. The van der Waals surface area contributed by atoms with Crippen LogP contribution < -0.4 is 9.05 Å². The summed E-state index contributed by atoms with van der Waals surface area (Å²) in [6.07, 6.45) is 10.2. The number of phosphoric ester groups is 1. The minimum atomic E-state index is -3.98. The lowest BCUT2D eigenvalue weighted by Gasteiger charge is -2.21. The van der Waals surface area contributed by atoms with Gasteiger partial charge < -0.3 is 18.7 Å². The zero-order chi connectivity index (χ0) is 22.9. The van der Waals surface area contributed by atoms with Gasteiger partial charge in [-0.25, -0.2) is 0 Å². The Balaban J connectivity index is 1.40. The smallest absolute Gasteiger partial charge is 0.508 e. The third kappa shape index (κ3) is 6.90. The van der Waals surface area contributed by atoms with E-state index in [-0.39, 0.29) is 5.75 Å². The fourth-order valence-electron chi connectivity index (χ4n) is 3.26. The van der Waals surface area contributed by atoms with Crippen molar-refractivity contribution < 1.29 is 23.2 Å². The van der Waals surface area contributed by atoms with E-state index < -0.39 is 7.82 Å². The number of hydrogen-bond acceptors (Lipinski definition) is 5. The van der Waals surface area contributed by atoms with E-state index in [1.807, 2.05) is 36.4 Å². The van der Waals surface area contributed by atoms with Gasteiger partial charge in [-0.15, -0.1) is 0 Å². The lowest BCUT2D eigenvalue weighted by Crippen LogP contribution is -2.05. The summed E-state index contributed by atoms with van der Waals surface area (Å²) in [6, 6.07) is 24.9. The molecule has 3 aromatic rings. The summed E-state index contributed by atoms with van der Waals surface area (Å²) in [5, 5.41) is 9.38. The van der Waals surface area contributed by atoms with Crippen LogP contribution in [0.4, 0.5) is 0 Å². The normalized spacial score (nSPS) is 14.5. The largest absolute Gasteiger partial charge is 0.647 e. The van der Waals surface area contributed by atoms with E-state index >= 15 is 0 Å². The second-order valence-corrected chi connectivity index (χ2v) is 8.92. The second-order valence-electron chi connectivity index (χ2n) is 7.48. The van der Waals surface area contributed by atoms with Crippen molar-refractivity contribution in [2.75, 3.05) is 0 Å². The minimum absolute atomic E-state index is 0.273. The first kappa shape index (κ1) is 22.5. The molecule has 0 unspecified atom stereocenters. The highest BCUT2D eigenvalue weighted by atomic mass is 31.2. The standard InChI is InChI=1S/C27H25O5P/c28-24-18-14-22(15-19-24)8-7-9-23-16-20-27(21-17-23)32-33(29,30-25-10-3-1-4-11-25)31-26-12-5-2-6-13-26/h1-6,9-16,18-21,28H,7-8,17H2. The molecular formula is C27H25O5P. The molecule has 5 nitrogen and oxygen atoms in total. The Bertz CT molecular complexity index is 1140. The van der Waals surface area contributed by atoms with Gasteiger partial charge in [-0.2, -0.15) is 4.57 Å². The molecule has 0 heterocycles. The van der Waals surface area contributed by atoms with Crippen molar-refractivity contribution in [1.82, 2.24) is 0 Å². The predicted molar refractivity (Wildman–Crippen MR) is 129 cm³/mol. The number of allylic oxidation sites excluding steroid dienone is 5. The van der Waals surface area contributed by atoms with Gasteiger partial charge in [0, 0.05) is 0 Å². The third-order valence-electron chi connectivity index (χ3n) is 4.91. The first-order chi connectivity index (χ1) is 16.1. The van der Waals surface area contributed by atoms with Gasteiger partial charge in [-0.1, -0.05) is 60.7 Å². The van der Waals surface area contributed by atoms with Crippen molar-refractivity contribution in [3.63, 3.8) is 0 Å². The Morgan fingerprint density at radius 3 is 1.94 bits per heavy atom. The van der Waals surface area contributed by atoms with Gasteiger partial charge in [0.05, 0.1) is 0 Å². The van der Waals surface area contributed by atoms with Gasteiger partial charge in [0.2, 0.25) is 0 Å². The van der Waals surface area contributed by atoms with Crippen LogP contribution in [0.25, 0.3) is 0 Å². The van der Waals surface area contributed by atoms with E-state index in [9.17, 15) is 9.67 Å². The first-order valence-electron chi connectivity index (χ1n) is 10.7. The molecule has 0 saturated heterocycles. The topological polar surface area (TPSA) is 65.0 Å². The number of aryl methyl sites for hydroxylation is 1. The average molecular weight is 460 g/mol. The van der Waals surface area contributed by atoms with Gasteiger partial charge in [0.15, 0.2) is 0 Å². The molecule has 33 heavy (non-hydrogen) atoms. The zero-order valence-corrected chi connectivity index (χ0v) is 18.9. The SMILES string of the molecule is O=P(OC1=CCC(=CCCc2ccc(O)cc2)C=C1)(Oc1ccccc1)Oc1ccccc1. The summed E-state index contributed by atoms with van der Waals surface area (Å²) in [4.78, 5) is 0. The van der Waals surface area contributed by atoms with Crippen molar-refractivity contribution in [3.8, 4) is 17.2 Å². The monoisotopic (exact) mass is 460 g/mol. The maximum absolute atomic E-state index is 13.5. The van der Waals surface area contributed by atoms with E-state index in [0.717, 1.165) is 18.4 Å². The van der Waals surface area contributed by atoms with Crippen molar-refractivity contribution in [3.05, 3.63) is 126 Å². The molecule has 1 aliphatic carbocycles. The fraction of sp³-hybridized carbons (Fsp3) is 0.111. The van der Waals surface area contributed by atoms with Gasteiger partial charge in [0.1, 0.15) is 23.0 Å². The molecule has 6 heteroatoms. The molecule has 0 aliphatic heterocycles. The molecule has 0 saturated carbocycles. The van der Waals surface area contributed by atoms with Crippen LogP contribution in [0.2, 0.25) is 0 Å². The number of rotatable bonds is 9. The molecule has 0 fully saturated rings. The van der Waals surface area contributed by atoms with Gasteiger partial charge >= 0.3 is 7.82 Å². The van der Waals surface area contributed by atoms with Crippen LogP contribution in [0.3, 0.4) is 0 Å². The zero-order valence-electron chi connectivity index (χ0n) is 18.0. The summed E-state index contributed by atoms with van der Waals surface area (Å²) >= 11 is 0. The van der Waals surface area contributed by atoms with E-state index in [1.165, 1.54) is 5.56 Å². The summed E-state index contributed by atoms with van der Waals surface area (Å²) in [7, 11) is -3.98. The van der Waals surface area contributed by atoms with Crippen molar-refractivity contribution in [2.24, 2.45) is 0 Å². The molecule has 0 radical (unpaired) electrons. The highest BCUT2D eigenvalue weighted by Crippen LogP contribution is 2.51. The van der Waals surface area contributed by atoms with Crippen LogP contribution in [0, 0.1) is 0 Å². The predicted octanol–water partition coefficient (Wildman–Crippen LogP) is 7.38. The molecule has 3 aromatic carbocycles. The Morgan fingerprint density at radius 2 is 1.39 bits per heavy atom. The number of aromatic hydroxyl groups is 1. The highest BCUT2D eigenvalue weighted by Gasteiger charge is 2.33. The van der Waals surface area contributed by atoms with Crippen LogP contribution in [0.5, 0.6) is 17.2 Å². The van der Waals surface area contributed by atoms with E-state index in [2.05, 4.69) is 6.08 Å². The number of para-hydroxylation sites is 2. The molecule has 0 bridgehead atoms. The van der Waals surface area contributed by atoms with Gasteiger partial charge in [0.25, 0.3) is 0 Å². The number of benzene rings is 3. The van der Waals surface area contributed by atoms with E-state index in [1.54, 1.807) is 66.7 Å². The summed E-state index contributed by atoms with van der Waals surface area (Å²) in [5.74, 6) is 1.49. The Labute approximate surface area is 193 Å². The number of hydrogen-bond donors (Lipinski definition) is 1. The molecule has 4 rings (SSSR count). The summed E-state index contributed by atoms with van der Waals surface area (Å²) in [5.41, 5.74) is 2.31. The molecule has 168 valence electrons. The Hall–Kier alpha value is -3.69. The maximum Gasteiger partial charge on any atom is 0.647 e. The molecule has 0 atom stereocenters. The fourth-order valence-corrected chi connectivity index (χ4v) is 4.52. The first-order valence-corrected chi connectivity index (χ1v) is 12.2. The summed E-state index contributed by atoms with van der Waals surface area (Å²) < 4.78 is 30.6. The third-order valence-corrected chi connectivity index (χ3v) is 6.22. The van der Waals surface area contributed by atoms with Crippen molar-refractivity contribution >= 4 is 7.82 Å². The molecule has 0 spiro atoms. The average Bonchev–Trinajstić information content (AvgIpc) is 2.82. The van der Waals surface area contributed by atoms with E-state index in [0.29, 0.717) is 23.7 Å². The lowest BCUT2D eigenvalue weighted by atomic mass is 10.0. The van der Waals surface area contributed by atoms with Crippen LogP contribution in [0.1, 0.15) is 18.4 Å². The van der Waals surface area contributed by atoms with Crippen LogP contribution >= 0.6 is 7.82 Å². The Kier molecular flexibility index (Phi) is 7.33. The van der Waals surface area contributed by atoms with Crippen molar-refractivity contribution in [1.29, 1.82) is 0 Å². The molecule has 0 aromatic heterocycles. The molecule has 0 amide bonds. The number of phosphoric acid groups is 1. The second kappa shape index (κ2) is 10.8. The minimum Gasteiger partial charge on any atom is -0.508 e. The maximum atomic E-state index is 13.5. The highest BCUT2D eigenvalue weighted by molar-refractivity contribution is 7.49. The van der Waals surface area contributed by atoms with Gasteiger partial charge in [-0.05, 0) is 78.9 Å².